The molecule has 0 saturated heterocycles. The van der Waals surface area contributed by atoms with Crippen molar-refractivity contribution in [3.05, 3.63) is 28.8 Å². The van der Waals surface area contributed by atoms with Gasteiger partial charge in [0.1, 0.15) is 0 Å². The van der Waals surface area contributed by atoms with E-state index in [2.05, 4.69) is 5.32 Å². The molecule has 3 nitrogen and oxygen atoms in total. The van der Waals surface area contributed by atoms with Gasteiger partial charge in [-0.3, -0.25) is 4.79 Å². The third-order valence-electron chi connectivity index (χ3n) is 3.12. The quantitative estimate of drug-likeness (QED) is 0.733. The Morgan fingerprint density at radius 2 is 2.20 bits per heavy atom. The highest BCUT2D eigenvalue weighted by Crippen LogP contribution is 2.35. The van der Waals surface area contributed by atoms with Crippen molar-refractivity contribution in [2.75, 3.05) is 11.9 Å². The summed E-state index contributed by atoms with van der Waals surface area (Å²) < 4.78 is 0. The van der Waals surface area contributed by atoms with E-state index in [1.165, 1.54) is 0 Å². The summed E-state index contributed by atoms with van der Waals surface area (Å²) >= 11 is 0. The number of amides is 1. The second kappa shape index (κ2) is 3.66. The van der Waals surface area contributed by atoms with Crippen molar-refractivity contribution in [3.8, 4) is 0 Å². The van der Waals surface area contributed by atoms with Crippen molar-refractivity contribution >= 4 is 11.6 Å². The topological polar surface area (TPSA) is 49.3 Å². The van der Waals surface area contributed by atoms with Gasteiger partial charge in [-0.25, -0.2) is 0 Å². The van der Waals surface area contributed by atoms with Gasteiger partial charge in [0.05, 0.1) is 6.61 Å². The predicted octanol–water partition coefficient (Wildman–Crippen LogP) is 1.72. The van der Waals surface area contributed by atoms with Crippen molar-refractivity contribution < 1.29 is 9.90 Å². The van der Waals surface area contributed by atoms with Gasteiger partial charge in [-0.05, 0) is 30.5 Å². The lowest BCUT2D eigenvalue weighted by Crippen LogP contribution is -2.25. The Morgan fingerprint density at radius 1 is 1.47 bits per heavy atom. The fourth-order valence-corrected chi connectivity index (χ4v) is 2.03. The molecule has 1 aliphatic heterocycles. The number of nitrogens with one attached hydrogen (secondary N) is 1. The molecule has 1 aromatic carbocycles. The van der Waals surface area contributed by atoms with E-state index in [4.69, 9.17) is 0 Å². The lowest BCUT2D eigenvalue weighted by atomic mass is 9.88. The number of aryl methyl sites for hydroxylation is 1. The van der Waals surface area contributed by atoms with Crippen LogP contribution in [0, 0.1) is 13.8 Å². The van der Waals surface area contributed by atoms with Crippen molar-refractivity contribution in [2.24, 2.45) is 0 Å². The molecule has 0 fully saturated rings. The number of fused-ring (bicyclic) bond motifs is 1. The van der Waals surface area contributed by atoms with Crippen LogP contribution in [-0.4, -0.2) is 17.6 Å². The molecule has 1 aromatic rings. The average molecular weight is 205 g/mol. The first-order valence-corrected chi connectivity index (χ1v) is 5.14. The number of aliphatic hydroxyl groups excluding tert-OH is 1. The van der Waals surface area contributed by atoms with E-state index in [0.29, 0.717) is 6.42 Å². The summed E-state index contributed by atoms with van der Waals surface area (Å²) in [7, 11) is 0. The third-order valence-corrected chi connectivity index (χ3v) is 3.12. The van der Waals surface area contributed by atoms with Crippen molar-refractivity contribution in [3.63, 3.8) is 0 Å². The van der Waals surface area contributed by atoms with Crippen LogP contribution >= 0.6 is 0 Å². The summed E-state index contributed by atoms with van der Waals surface area (Å²) in [6.07, 6.45) is 0.381. The minimum Gasteiger partial charge on any atom is -0.396 e. The maximum absolute atomic E-state index is 11.4. The minimum atomic E-state index is -0.0481. The highest BCUT2D eigenvalue weighted by Gasteiger charge is 2.25. The number of hydrogen-bond acceptors (Lipinski definition) is 2. The number of rotatable bonds is 1. The van der Waals surface area contributed by atoms with Crippen LogP contribution < -0.4 is 5.32 Å². The molecule has 15 heavy (non-hydrogen) atoms. The normalized spacial score (nSPS) is 19.7. The molecule has 1 heterocycles. The van der Waals surface area contributed by atoms with Crippen LogP contribution in [0.5, 0.6) is 0 Å². The van der Waals surface area contributed by atoms with Gasteiger partial charge in [0.25, 0.3) is 0 Å². The van der Waals surface area contributed by atoms with Crippen molar-refractivity contribution in [2.45, 2.75) is 26.2 Å². The fourth-order valence-electron chi connectivity index (χ4n) is 2.03. The SMILES string of the molecule is Cc1ccc2c(c1C)NC(=O)CC2CO. The van der Waals surface area contributed by atoms with Crippen molar-refractivity contribution in [1.82, 2.24) is 0 Å². The average Bonchev–Trinajstić information content (AvgIpc) is 2.23. The zero-order valence-electron chi connectivity index (χ0n) is 9.00. The van der Waals surface area contributed by atoms with E-state index >= 15 is 0 Å². The maximum atomic E-state index is 11.4. The van der Waals surface area contributed by atoms with Gasteiger partial charge < -0.3 is 10.4 Å². The highest BCUT2D eigenvalue weighted by atomic mass is 16.3. The molecule has 3 heteroatoms. The van der Waals surface area contributed by atoms with Gasteiger partial charge in [-0.1, -0.05) is 12.1 Å². The molecule has 0 radical (unpaired) electrons. The summed E-state index contributed by atoms with van der Waals surface area (Å²) in [5.41, 5.74) is 4.21. The van der Waals surface area contributed by atoms with Gasteiger partial charge in [-0.2, -0.15) is 0 Å². The first kappa shape index (κ1) is 10.2. The molecule has 2 rings (SSSR count). The molecule has 1 aliphatic rings. The lowest BCUT2D eigenvalue weighted by molar-refractivity contribution is -0.117. The standard InChI is InChI=1S/C12H15NO2/c1-7-3-4-10-9(6-14)5-11(15)13-12(10)8(7)2/h3-4,9,14H,5-6H2,1-2H3,(H,13,15). The molecule has 0 saturated carbocycles. The molecule has 2 N–H and O–H groups in total. The smallest absolute Gasteiger partial charge is 0.225 e. The molecular formula is C12H15NO2. The number of carbonyl (C=O) groups excluding carboxylic acids is 1. The van der Waals surface area contributed by atoms with E-state index in [9.17, 15) is 9.90 Å². The number of carbonyl (C=O) groups is 1. The van der Waals surface area contributed by atoms with Crippen LogP contribution in [-0.2, 0) is 4.79 Å². The van der Waals surface area contributed by atoms with Crippen molar-refractivity contribution in [1.29, 1.82) is 0 Å². The van der Waals surface area contributed by atoms with E-state index < -0.39 is 0 Å². The minimum absolute atomic E-state index is 0.00440. The van der Waals surface area contributed by atoms with Crippen LogP contribution in [0.3, 0.4) is 0 Å². The summed E-state index contributed by atoms with van der Waals surface area (Å²) in [6, 6.07) is 4.03. The first-order chi connectivity index (χ1) is 7.13. The molecule has 0 aromatic heterocycles. The maximum Gasteiger partial charge on any atom is 0.225 e. The van der Waals surface area contributed by atoms with E-state index in [-0.39, 0.29) is 18.4 Å². The molecule has 0 aliphatic carbocycles. The second-order valence-corrected chi connectivity index (χ2v) is 4.10. The second-order valence-electron chi connectivity index (χ2n) is 4.10. The summed E-state index contributed by atoms with van der Waals surface area (Å²) in [6.45, 7) is 4.04. The Kier molecular flexibility index (Phi) is 2.49. The molecule has 0 bridgehead atoms. The Balaban J connectivity index is 2.55. The van der Waals surface area contributed by atoms with Crippen LogP contribution in [0.4, 0.5) is 5.69 Å². The van der Waals surface area contributed by atoms with Gasteiger partial charge >= 0.3 is 0 Å². The monoisotopic (exact) mass is 205 g/mol. The Bertz CT molecular complexity index is 412. The summed E-state index contributed by atoms with van der Waals surface area (Å²) in [4.78, 5) is 11.4. The molecule has 1 unspecified atom stereocenters. The van der Waals surface area contributed by atoms with Crippen LogP contribution in [0.25, 0.3) is 0 Å². The van der Waals surface area contributed by atoms with Gasteiger partial charge in [0, 0.05) is 18.0 Å². The fraction of sp³-hybridized carbons (Fsp3) is 0.417. The zero-order chi connectivity index (χ0) is 11.0. The molecule has 1 atom stereocenters. The van der Waals surface area contributed by atoms with Gasteiger partial charge in [0.2, 0.25) is 5.91 Å². The first-order valence-electron chi connectivity index (χ1n) is 5.14. The lowest BCUT2D eigenvalue weighted by Gasteiger charge is -2.26. The predicted molar refractivity (Wildman–Crippen MR) is 59.0 cm³/mol. The largest absolute Gasteiger partial charge is 0.396 e. The highest BCUT2D eigenvalue weighted by molar-refractivity contribution is 5.95. The summed E-state index contributed by atoms with van der Waals surface area (Å²) in [5, 5.41) is 12.1. The number of benzene rings is 1. The van der Waals surface area contributed by atoms with Gasteiger partial charge in [-0.15, -0.1) is 0 Å². The number of hydrogen-bond donors (Lipinski definition) is 2. The Labute approximate surface area is 89.1 Å². The summed E-state index contributed by atoms with van der Waals surface area (Å²) in [5.74, 6) is -0.0525. The molecule has 1 amide bonds. The molecule has 0 spiro atoms. The van der Waals surface area contributed by atoms with E-state index in [1.54, 1.807) is 0 Å². The van der Waals surface area contributed by atoms with E-state index in [0.717, 1.165) is 22.4 Å². The van der Waals surface area contributed by atoms with Gasteiger partial charge in [0.15, 0.2) is 0 Å². The molecule has 80 valence electrons. The number of anilines is 1. The van der Waals surface area contributed by atoms with Crippen LogP contribution in [0.15, 0.2) is 12.1 Å². The Hall–Kier alpha value is -1.35. The third kappa shape index (κ3) is 1.63. The zero-order valence-corrected chi connectivity index (χ0v) is 9.00. The van der Waals surface area contributed by atoms with E-state index in [1.807, 2.05) is 26.0 Å². The van der Waals surface area contributed by atoms with Crippen LogP contribution in [0.2, 0.25) is 0 Å². The van der Waals surface area contributed by atoms with Crippen LogP contribution in [0.1, 0.15) is 29.0 Å². The molecular weight excluding hydrogens is 190 g/mol. The Morgan fingerprint density at radius 3 is 2.87 bits per heavy atom. The number of aliphatic hydroxyl groups is 1.